The number of carboxylic acids is 1. The number of likely N-dealkylation sites (tertiary alicyclic amines) is 1. The summed E-state index contributed by atoms with van der Waals surface area (Å²) in [7, 11) is -3.87. The van der Waals surface area contributed by atoms with Crippen molar-refractivity contribution in [2.45, 2.75) is 49.8 Å². The first kappa shape index (κ1) is 16.5. The highest BCUT2D eigenvalue weighted by Gasteiger charge is 2.57. The van der Waals surface area contributed by atoms with E-state index >= 15 is 0 Å². The number of primary sulfonamides is 1. The molecule has 2 rings (SSSR count). The Balaban J connectivity index is 2.55. The quantitative estimate of drug-likeness (QED) is 0.752. The molecule has 7 heteroatoms. The minimum absolute atomic E-state index is 0.00315. The van der Waals surface area contributed by atoms with E-state index < -0.39 is 26.3 Å². The van der Waals surface area contributed by atoms with E-state index in [2.05, 4.69) is 0 Å². The molecule has 0 bridgehead atoms. The molecule has 0 saturated carbocycles. The average molecular weight is 316 g/mol. The number of nitrogens with two attached hydrogens (primary N) is 1. The third-order valence-corrected chi connectivity index (χ3v) is 6.63. The second kappa shape index (κ2) is 5.37. The molecule has 1 fully saturated rings. The van der Waals surface area contributed by atoms with Gasteiger partial charge in [-0.2, -0.15) is 0 Å². The number of sulfonamides is 1. The molecule has 0 radical (unpaired) electrons. The van der Waals surface area contributed by atoms with Crippen molar-refractivity contribution in [3.05, 3.63) is 12.2 Å². The van der Waals surface area contributed by atoms with Gasteiger partial charge in [-0.3, -0.25) is 9.69 Å². The van der Waals surface area contributed by atoms with E-state index in [1.165, 1.54) is 6.92 Å². The second-order valence-electron chi connectivity index (χ2n) is 6.33. The first-order chi connectivity index (χ1) is 9.67. The van der Waals surface area contributed by atoms with Crippen LogP contribution in [0.2, 0.25) is 0 Å². The van der Waals surface area contributed by atoms with Gasteiger partial charge in [0.15, 0.2) is 0 Å². The SMILES string of the molecule is CCC1C=CC(C)(S(N)(=O)=O)CC1(C(=O)O)N1CCCC1. The van der Waals surface area contributed by atoms with Crippen molar-refractivity contribution in [2.75, 3.05) is 13.1 Å². The fourth-order valence-corrected chi connectivity index (χ4v) is 4.39. The van der Waals surface area contributed by atoms with Gasteiger partial charge in [-0.05, 0) is 39.3 Å². The average Bonchev–Trinajstić information content (AvgIpc) is 2.91. The van der Waals surface area contributed by atoms with Crippen LogP contribution in [0.5, 0.6) is 0 Å². The maximum atomic E-state index is 12.1. The number of rotatable bonds is 4. The summed E-state index contributed by atoms with van der Waals surface area (Å²) in [5.41, 5.74) is -1.18. The van der Waals surface area contributed by atoms with Gasteiger partial charge in [0.05, 0.1) is 0 Å². The lowest BCUT2D eigenvalue weighted by atomic mass is 9.70. The molecule has 0 amide bonds. The fraction of sp³-hybridized carbons (Fsp3) is 0.786. The number of carboxylic acid groups (broad SMARTS) is 1. The maximum Gasteiger partial charge on any atom is 0.324 e. The van der Waals surface area contributed by atoms with E-state index in [0.29, 0.717) is 19.5 Å². The number of nitrogens with zero attached hydrogens (tertiary/aromatic N) is 1. The fourth-order valence-electron chi connectivity index (χ4n) is 3.71. The smallest absolute Gasteiger partial charge is 0.324 e. The molecule has 3 N–H and O–H groups in total. The van der Waals surface area contributed by atoms with Crippen LogP contribution < -0.4 is 5.14 Å². The summed E-state index contributed by atoms with van der Waals surface area (Å²) >= 11 is 0. The number of aliphatic carboxylic acids is 1. The molecular weight excluding hydrogens is 292 g/mol. The van der Waals surface area contributed by atoms with Crippen molar-refractivity contribution in [2.24, 2.45) is 11.1 Å². The molecule has 120 valence electrons. The van der Waals surface area contributed by atoms with Crippen LogP contribution in [0.25, 0.3) is 0 Å². The van der Waals surface area contributed by atoms with Crippen molar-refractivity contribution < 1.29 is 18.3 Å². The van der Waals surface area contributed by atoms with Gasteiger partial charge >= 0.3 is 5.97 Å². The third kappa shape index (κ3) is 2.51. The van der Waals surface area contributed by atoms with Gasteiger partial charge in [-0.25, -0.2) is 13.6 Å². The minimum atomic E-state index is -3.87. The zero-order chi connectivity index (χ0) is 15.9. The van der Waals surface area contributed by atoms with Crippen LogP contribution in [0.4, 0.5) is 0 Å². The zero-order valence-electron chi connectivity index (χ0n) is 12.6. The Hall–Kier alpha value is -0.920. The Labute approximate surface area is 126 Å². The Morgan fingerprint density at radius 3 is 2.43 bits per heavy atom. The summed E-state index contributed by atoms with van der Waals surface area (Å²) in [4.78, 5) is 14.1. The molecule has 0 spiro atoms. The van der Waals surface area contributed by atoms with Crippen LogP contribution in [0.3, 0.4) is 0 Å². The van der Waals surface area contributed by atoms with Gasteiger partial charge in [0, 0.05) is 12.3 Å². The van der Waals surface area contributed by atoms with Gasteiger partial charge in [0.2, 0.25) is 10.0 Å². The van der Waals surface area contributed by atoms with Crippen LogP contribution in [0, 0.1) is 5.92 Å². The van der Waals surface area contributed by atoms with Crippen LogP contribution >= 0.6 is 0 Å². The molecule has 3 unspecified atom stereocenters. The highest BCUT2D eigenvalue weighted by atomic mass is 32.2. The molecular formula is C14H24N2O4S. The predicted molar refractivity (Wildman–Crippen MR) is 80.2 cm³/mol. The van der Waals surface area contributed by atoms with Crippen molar-refractivity contribution >= 4 is 16.0 Å². The van der Waals surface area contributed by atoms with E-state index in [9.17, 15) is 18.3 Å². The lowest BCUT2D eigenvalue weighted by molar-refractivity contribution is -0.155. The highest BCUT2D eigenvalue weighted by molar-refractivity contribution is 7.90. The van der Waals surface area contributed by atoms with Crippen LogP contribution in [0.1, 0.15) is 39.5 Å². The molecule has 1 aliphatic carbocycles. The van der Waals surface area contributed by atoms with Crippen molar-refractivity contribution in [3.63, 3.8) is 0 Å². The van der Waals surface area contributed by atoms with Crippen molar-refractivity contribution in [3.8, 4) is 0 Å². The topological polar surface area (TPSA) is 101 Å². The maximum absolute atomic E-state index is 12.1. The third-order valence-electron chi connectivity index (χ3n) is 5.05. The van der Waals surface area contributed by atoms with Crippen molar-refractivity contribution in [1.29, 1.82) is 0 Å². The Morgan fingerprint density at radius 1 is 1.43 bits per heavy atom. The highest BCUT2D eigenvalue weighted by Crippen LogP contribution is 2.44. The van der Waals surface area contributed by atoms with E-state index in [4.69, 9.17) is 5.14 Å². The summed E-state index contributed by atoms with van der Waals surface area (Å²) in [6, 6.07) is 0. The lowest BCUT2D eigenvalue weighted by Crippen LogP contribution is -2.64. The normalized spacial score (nSPS) is 37.8. The summed E-state index contributed by atoms with van der Waals surface area (Å²) in [5.74, 6) is -1.15. The molecule has 0 aromatic heterocycles. The molecule has 1 aliphatic heterocycles. The zero-order valence-corrected chi connectivity index (χ0v) is 13.4. The predicted octanol–water partition coefficient (Wildman–Crippen LogP) is 0.939. The van der Waals surface area contributed by atoms with Gasteiger partial charge < -0.3 is 5.11 Å². The Morgan fingerprint density at radius 2 is 2.00 bits per heavy atom. The van der Waals surface area contributed by atoms with E-state index in [1.54, 1.807) is 12.2 Å². The molecule has 6 nitrogen and oxygen atoms in total. The summed E-state index contributed by atoms with van der Waals surface area (Å²) < 4.78 is 22.6. The van der Waals surface area contributed by atoms with Gasteiger partial charge in [-0.1, -0.05) is 19.1 Å². The largest absolute Gasteiger partial charge is 0.480 e. The molecule has 21 heavy (non-hydrogen) atoms. The van der Waals surface area contributed by atoms with Gasteiger partial charge in [0.25, 0.3) is 0 Å². The standard InChI is InChI=1S/C14H24N2O4S/c1-3-11-6-7-13(2,21(15,19)20)10-14(11,12(17)18)16-8-4-5-9-16/h6-7,11H,3-5,8-10H2,1-2H3,(H,17,18)(H2,15,19,20). The van der Waals surface area contributed by atoms with E-state index in [-0.39, 0.29) is 12.3 Å². The Kier molecular flexibility index (Phi) is 4.21. The van der Waals surface area contributed by atoms with Crippen LogP contribution in [0.15, 0.2) is 12.2 Å². The lowest BCUT2D eigenvalue weighted by Gasteiger charge is -2.49. The monoisotopic (exact) mass is 316 g/mol. The molecule has 0 aromatic rings. The minimum Gasteiger partial charge on any atom is -0.480 e. The summed E-state index contributed by atoms with van der Waals surface area (Å²) in [6.45, 7) is 4.83. The summed E-state index contributed by atoms with van der Waals surface area (Å²) in [6.07, 6.45) is 5.86. The number of hydrogen-bond donors (Lipinski definition) is 2. The van der Waals surface area contributed by atoms with Crippen LogP contribution in [-0.4, -0.2) is 47.8 Å². The number of hydrogen-bond acceptors (Lipinski definition) is 4. The molecule has 1 saturated heterocycles. The van der Waals surface area contributed by atoms with Crippen LogP contribution in [-0.2, 0) is 14.8 Å². The van der Waals surface area contributed by atoms with Crippen molar-refractivity contribution in [1.82, 2.24) is 4.90 Å². The van der Waals surface area contributed by atoms with E-state index in [1.807, 2.05) is 11.8 Å². The van der Waals surface area contributed by atoms with Gasteiger partial charge in [-0.15, -0.1) is 0 Å². The molecule has 2 aliphatic rings. The molecule has 1 heterocycles. The summed E-state index contributed by atoms with van der Waals surface area (Å²) in [5, 5.41) is 15.3. The number of carbonyl (C=O) groups is 1. The first-order valence-electron chi connectivity index (χ1n) is 7.37. The molecule has 3 atom stereocenters. The van der Waals surface area contributed by atoms with E-state index in [0.717, 1.165) is 12.8 Å². The Bertz CT molecular complexity index is 553. The first-order valence-corrected chi connectivity index (χ1v) is 8.92. The van der Waals surface area contributed by atoms with Gasteiger partial charge in [0.1, 0.15) is 10.3 Å². The second-order valence-corrected chi connectivity index (χ2v) is 8.35. The molecule has 0 aromatic carbocycles.